The van der Waals surface area contributed by atoms with Gasteiger partial charge in [-0.3, -0.25) is 9.59 Å². The van der Waals surface area contributed by atoms with Crippen molar-refractivity contribution in [2.45, 2.75) is 50.7 Å². The Morgan fingerprint density at radius 1 is 1.08 bits per heavy atom. The number of ether oxygens (including phenoxy) is 1. The van der Waals surface area contributed by atoms with E-state index in [-0.39, 0.29) is 12.0 Å². The van der Waals surface area contributed by atoms with E-state index < -0.39 is 48.1 Å². The summed E-state index contributed by atoms with van der Waals surface area (Å²) in [5.74, 6) is -2.03. The van der Waals surface area contributed by atoms with Crippen LogP contribution in [0.4, 0.5) is 13.2 Å². The van der Waals surface area contributed by atoms with Crippen LogP contribution in [0.5, 0.6) is 5.75 Å². The molecule has 0 aliphatic carbocycles. The summed E-state index contributed by atoms with van der Waals surface area (Å²) in [6, 6.07) is 10.3. The average Bonchev–Trinajstić information content (AvgIpc) is 2.84. The number of hydrogen-bond donors (Lipinski definition) is 4. The number of aliphatic hydroxyl groups excluding tert-OH is 1. The first kappa shape index (κ1) is 28.6. The van der Waals surface area contributed by atoms with Crippen LogP contribution in [0, 0.1) is 17.2 Å². The van der Waals surface area contributed by atoms with Crippen LogP contribution >= 0.6 is 0 Å². The van der Waals surface area contributed by atoms with Crippen LogP contribution in [-0.4, -0.2) is 48.4 Å². The van der Waals surface area contributed by atoms with Crippen LogP contribution in [0.25, 0.3) is 0 Å². The Bertz CT molecular complexity index is 1080. The molecular weight excluding hydrogens is 477 g/mol. The number of rotatable bonds is 10. The summed E-state index contributed by atoms with van der Waals surface area (Å²) in [6.45, 7) is 2.84. The first-order valence-electron chi connectivity index (χ1n) is 11.1. The minimum Gasteiger partial charge on any atom is -0.497 e. The summed E-state index contributed by atoms with van der Waals surface area (Å²) in [5.41, 5.74) is 7.17. The van der Waals surface area contributed by atoms with Crippen molar-refractivity contribution in [2.24, 2.45) is 11.7 Å². The molecule has 2 aromatic rings. The van der Waals surface area contributed by atoms with Crippen molar-refractivity contribution >= 4 is 11.8 Å². The number of nitriles is 1. The fourth-order valence-corrected chi connectivity index (χ4v) is 3.54. The normalized spacial score (nSPS) is 14.8. The number of halogens is 3. The number of methoxy groups -OCH3 is 1. The van der Waals surface area contributed by atoms with Crippen molar-refractivity contribution in [1.82, 2.24) is 10.6 Å². The Hall–Kier alpha value is -3.62. The van der Waals surface area contributed by atoms with Gasteiger partial charge in [0.15, 0.2) is 6.10 Å². The van der Waals surface area contributed by atoms with Crippen molar-refractivity contribution in [1.29, 1.82) is 5.26 Å². The topological polar surface area (TPSA) is 137 Å². The molecule has 5 N–H and O–H groups in total. The zero-order valence-corrected chi connectivity index (χ0v) is 20.0. The summed E-state index contributed by atoms with van der Waals surface area (Å²) < 4.78 is 44.6. The predicted octanol–water partition coefficient (Wildman–Crippen LogP) is 2.36. The van der Waals surface area contributed by atoms with Gasteiger partial charge < -0.3 is 26.2 Å². The molecule has 0 fully saturated rings. The van der Waals surface area contributed by atoms with Gasteiger partial charge in [0.05, 0.1) is 30.8 Å². The van der Waals surface area contributed by atoms with Crippen LogP contribution in [-0.2, 0) is 16.0 Å². The number of alkyl halides is 3. The average molecular weight is 507 g/mol. The van der Waals surface area contributed by atoms with Gasteiger partial charge in [0.25, 0.3) is 0 Å². The number of carbonyl (C=O) groups is 2. The number of aliphatic hydroxyl groups is 1. The van der Waals surface area contributed by atoms with Crippen molar-refractivity contribution in [3.8, 4) is 11.8 Å². The van der Waals surface area contributed by atoms with E-state index in [0.717, 1.165) is 0 Å². The van der Waals surface area contributed by atoms with Gasteiger partial charge in [-0.2, -0.15) is 18.4 Å². The van der Waals surface area contributed by atoms with E-state index in [2.05, 4.69) is 10.6 Å². The number of benzene rings is 2. The maximum absolute atomic E-state index is 13.2. The van der Waals surface area contributed by atoms with Gasteiger partial charge in [-0.1, -0.05) is 44.2 Å². The maximum atomic E-state index is 13.2. The van der Waals surface area contributed by atoms with Gasteiger partial charge in [-0.15, -0.1) is 0 Å². The molecule has 194 valence electrons. The lowest BCUT2D eigenvalue weighted by atomic mass is 9.96. The lowest BCUT2D eigenvalue weighted by molar-refractivity contribution is -0.215. The second-order valence-corrected chi connectivity index (χ2v) is 8.56. The zero-order valence-electron chi connectivity index (χ0n) is 20.0. The Labute approximate surface area is 207 Å². The molecule has 0 heterocycles. The van der Waals surface area contributed by atoms with E-state index in [1.807, 2.05) is 6.07 Å². The van der Waals surface area contributed by atoms with Crippen molar-refractivity contribution in [3.63, 3.8) is 0 Å². The van der Waals surface area contributed by atoms with Gasteiger partial charge in [0.2, 0.25) is 11.8 Å². The van der Waals surface area contributed by atoms with Gasteiger partial charge in [0.1, 0.15) is 11.8 Å². The fourth-order valence-electron chi connectivity index (χ4n) is 3.54. The summed E-state index contributed by atoms with van der Waals surface area (Å²) in [7, 11) is 1.44. The van der Waals surface area contributed by atoms with E-state index in [1.54, 1.807) is 24.3 Å². The van der Waals surface area contributed by atoms with Crippen LogP contribution in [0.3, 0.4) is 0 Å². The summed E-state index contributed by atoms with van der Waals surface area (Å²) >= 11 is 0. The van der Waals surface area contributed by atoms with E-state index in [0.29, 0.717) is 16.9 Å². The van der Waals surface area contributed by atoms with Gasteiger partial charge in [-0.25, -0.2) is 0 Å². The predicted molar refractivity (Wildman–Crippen MR) is 126 cm³/mol. The maximum Gasteiger partial charge on any atom is 0.416 e. The lowest BCUT2D eigenvalue weighted by Gasteiger charge is -2.31. The Balaban J connectivity index is 2.31. The molecule has 8 nitrogen and oxygen atoms in total. The number of nitrogens with two attached hydrogens (primary N) is 1. The van der Waals surface area contributed by atoms with Crippen molar-refractivity contribution < 1.29 is 32.6 Å². The minimum absolute atomic E-state index is 0.00603. The Kier molecular flexibility index (Phi) is 9.84. The second-order valence-electron chi connectivity index (χ2n) is 8.56. The SMILES string of the molecule is COc1ccc([C@H](NC(=O)[C@@H](N)Cc2ccccc2C#N)C(=O)N[C@@H](C(C)C)[C@H](O)C(F)(F)F)cc1. The molecule has 0 aromatic heterocycles. The van der Waals surface area contributed by atoms with Gasteiger partial charge in [-0.05, 0) is 41.7 Å². The van der Waals surface area contributed by atoms with Crippen LogP contribution in [0.15, 0.2) is 48.5 Å². The standard InChI is InChI=1S/C25H29F3N4O4/c1-14(2)20(22(33)25(26,27)28)31-24(35)21(15-8-10-18(36-3)11-9-15)32-23(34)19(30)12-16-6-4-5-7-17(16)13-29/h4-11,14,19-22,33H,12,30H2,1-3H3,(H,31,35)(H,32,34)/t19-,20-,21-,22-/m0/s1. The second kappa shape index (κ2) is 12.4. The molecule has 11 heteroatoms. The first-order valence-corrected chi connectivity index (χ1v) is 11.1. The van der Waals surface area contributed by atoms with Crippen molar-refractivity contribution in [3.05, 3.63) is 65.2 Å². The van der Waals surface area contributed by atoms with Gasteiger partial charge >= 0.3 is 6.18 Å². The van der Waals surface area contributed by atoms with Crippen molar-refractivity contribution in [2.75, 3.05) is 7.11 Å². The number of carbonyl (C=O) groups excluding carboxylic acids is 2. The largest absolute Gasteiger partial charge is 0.497 e. The third-order valence-electron chi connectivity index (χ3n) is 5.62. The summed E-state index contributed by atoms with van der Waals surface area (Å²) in [6.07, 6.45) is -7.77. The smallest absolute Gasteiger partial charge is 0.416 e. The number of nitrogens with one attached hydrogen (secondary N) is 2. The number of hydrogen-bond acceptors (Lipinski definition) is 6. The minimum atomic E-state index is -4.96. The van der Waals surface area contributed by atoms with Crippen LogP contribution < -0.4 is 21.1 Å². The molecule has 0 bridgehead atoms. The lowest BCUT2D eigenvalue weighted by Crippen LogP contribution is -2.56. The highest BCUT2D eigenvalue weighted by atomic mass is 19.4. The van der Waals surface area contributed by atoms with E-state index in [1.165, 1.54) is 45.2 Å². The number of nitrogens with zero attached hydrogens (tertiary/aromatic N) is 1. The van der Waals surface area contributed by atoms with E-state index >= 15 is 0 Å². The molecule has 0 spiro atoms. The molecule has 36 heavy (non-hydrogen) atoms. The molecular formula is C25H29F3N4O4. The highest BCUT2D eigenvalue weighted by molar-refractivity contribution is 5.91. The van der Waals surface area contributed by atoms with E-state index in [9.17, 15) is 33.1 Å². The molecule has 4 atom stereocenters. The highest BCUT2D eigenvalue weighted by Gasteiger charge is 2.45. The molecule has 0 aliphatic rings. The summed E-state index contributed by atoms with van der Waals surface area (Å²) in [5, 5.41) is 23.7. The molecule has 0 saturated heterocycles. The molecule has 0 unspecified atom stereocenters. The monoisotopic (exact) mass is 506 g/mol. The Morgan fingerprint density at radius 2 is 1.69 bits per heavy atom. The van der Waals surface area contributed by atoms with E-state index in [4.69, 9.17) is 10.5 Å². The number of amides is 2. The third-order valence-corrected chi connectivity index (χ3v) is 5.62. The molecule has 2 amide bonds. The molecule has 0 saturated carbocycles. The van der Waals surface area contributed by atoms with Crippen LogP contribution in [0.2, 0.25) is 0 Å². The summed E-state index contributed by atoms with van der Waals surface area (Å²) in [4.78, 5) is 26.1. The molecule has 2 rings (SSSR count). The van der Waals surface area contributed by atoms with Crippen LogP contribution in [0.1, 0.15) is 36.6 Å². The third kappa shape index (κ3) is 7.44. The zero-order chi connectivity index (χ0) is 27.0. The quantitative estimate of drug-likeness (QED) is 0.390. The highest BCUT2D eigenvalue weighted by Crippen LogP contribution is 2.26. The fraction of sp³-hybridized carbons (Fsp3) is 0.400. The Morgan fingerprint density at radius 3 is 2.22 bits per heavy atom. The molecule has 0 radical (unpaired) electrons. The van der Waals surface area contributed by atoms with Gasteiger partial charge in [0, 0.05) is 0 Å². The molecule has 2 aromatic carbocycles. The first-order chi connectivity index (χ1) is 16.9. The molecule has 0 aliphatic heterocycles.